The number of nitrogens with zero attached hydrogens (tertiary/aromatic N) is 5. The average molecular weight is 450 g/mol. The quantitative estimate of drug-likeness (QED) is 0.325. The second-order valence-corrected chi connectivity index (χ2v) is 8.33. The summed E-state index contributed by atoms with van der Waals surface area (Å²) >= 11 is 0. The zero-order valence-corrected chi connectivity index (χ0v) is 18.2. The lowest BCUT2D eigenvalue weighted by atomic mass is 10.0. The first-order valence-corrected chi connectivity index (χ1v) is 10.3. The molecule has 0 saturated carbocycles. The third-order valence-corrected chi connectivity index (χ3v) is 5.37. The molecule has 2 fully saturated rings. The molecule has 0 radical (unpaired) electrons. The zero-order chi connectivity index (χ0) is 21.3. The van der Waals surface area contributed by atoms with Crippen LogP contribution < -0.4 is 43.8 Å². The van der Waals surface area contributed by atoms with Crippen LogP contribution in [0.15, 0.2) is 24.3 Å². The lowest BCUT2D eigenvalue weighted by Gasteiger charge is -2.37. The Morgan fingerprint density at radius 1 is 0.710 bits per heavy atom. The van der Waals surface area contributed by atoms with Crippen LogP contribution in [-0.2, 0) is 0 Å². The summed E-state index contributed by atoms with van der Waals surface area (Å²) in [5.74, 6) is 1.51. The van der Waals surface area contributed by atoms with E-state index in [1.165, 1.54) is 0 Å². The molecule has 2 aromatic rings. The SMILES string of the molecule is Cl.Nc1ccc(Nc2nc(N3C[C@H](N)C[C@H](N)C3)nc(N3C[C@H](N)C[C@H](N)C3)n2)cc1. The van der Waals surface area contributed by atoms with Gasteiger partial charge in [-0.15, -0.1) is 12.4 Å². The van der Waals surface area contributed by atoms with Gasteiger partial charge in [0.15, 0.2) is 0 Å². The van der Waals surface area contributed by atoms with Gasteiger partial charge in [-0.25, -0.2) is 0 Å². The Hall–Kier alpha value is -2.44. The maximum atomic E-state index is 6.18. The Kier molecular flexibility index (Phi) is 7.34. The van der Waals surface area contributed by atoms with Crippen molar-refractivity contribution in [1.29, 1.82) is 0 Å². The first kappa shape index (κ1) is 23.2. The number of benzene rings is 1. The number of halogens is 1. The molecular formula is C19H32ClN11. The summed E-state index contributed by atoms with van der Waals surface area (Å²) in [5.41, 5.74) is 32.0. The van der Waals surface area contributed by atoms with Crippen LogP contribution in [0, 0.1) is 0 Å². The van der Waals surface area contributed by atoms with Crippen molar-refractivity contribution in [1.82, 2.24) is 15.0 Å². The fourth-order valence-electron chi connectivity index (χ4n) is 4.07. The predicted octanol–water partition coefficient (Wildman–Crippen LogP) is -0.651. The maximum Gasteiger partial charge on any atom is 0.233 e. The van der Waals surface area contributed by atoms with E-state index >= 15 is 0 Å². The van der Waals surface area contributed by atoms with Crippen LogP contribution in [0.4, 0.5) is 29.2 Å². The van der Waals surface area contributed by atoms with E-state index in [1.54, 1.807) is 0 Å². The number of nitrogens with one attached hydrogen (secondary N) is 1. The van der Waals surface area contributed by atoms with Gasteiger partial charge in [0.05, 0.1) is 0 Å². The van der Waals surface area contributed by atoms with E-state index in [1.807, 2.05) is 34.1 Å². The Labute approximate surface area is 188 Å². The van der Waals surface area contributed by atoms with Crippen LogP contribution in [0.5, 0.6) is 0 Å². The molecule has 2 aliphatic rings. The van der Waals surface area contributed by atoms with E-state index in [0.29, 0.717) is 49.7 Å². The third-order valence-electron chi connectivity index (χ3n) is 5.37. The summed E-state index contributed by atoms with van der Waals surface area (Å²) in [4.78, 5) is 18.0. The fraction of sp³-hybridized carbons (Fsp3) is 0.526. The summed E-state index contributed by atoms with van der Waals surface area (Å²) in [6.45, 7) is 2.55. The van der Waals surface area contributed by atoms with Gasteiger partial charge in [-0.05, 0) is 37.1 Å². The molecule has 1 aromatic carbocycles. The molecule has 0 unspecified atom stereocenters. The van der Waals surface area contributed by atoms with Crippen LogP contribution >= 0.6 is 12.4 Å². The van der Waals surface area contributed by atoms with Gasteiger partial charge >= 0.3 is 0 Å². The minimum Gasteiger partial charge on any atom is -0.399 e. The normalized spacial score (nSPS) is 26.3. The molecule has 0 aliphatic carbocycles. The summed E-state index contributed by atoms with van der Waals surface area (Å²) in [7, 11) is 0. The number of nitrogens with two attached hydrogens (primary N) is 5. The van der Waals surface area contributed by atoms with Gasteiger partial charge in [0.1, 0.15) is 0 Å². The molecule has 1 aromatic heterocycles. The van der Waals surface area contributed by atoms with Crippen LogP contribution in [0.1, 0.15) is 12.8 Å². The summed E-state index contributed by atoms with van der Waals surface area (Å²) < 4.78 is 0. The van der Waals surface area contributed by atoms with Gasteiger partial charge in [0.2, 0.25) is 17.8 Å². The number of anilines is 5. The van der Waals surface area contributed by atoms with Crippen LogP contribution in [-0.4, -0.2) is 65.3 Å². The highest BCUT2D eigenvalue weighted by Gasteiger charge is 2.28. The molecule has 11 nitrogen and oxygen atoms in total. The number of piperidine rings is 2. The third kappa shape index (κ3) is 5.83. The fourth-order valence-corrected chi connectivity index (χ4v) is 4.07. The van der Waals surface area contributed by atoms with Crippen molar-refractivity contribution < 1.29 is 0 Å². The van der Waals surface area contributed by atoms with Gasteiger partial charge in [-0.3, -0.25) is 0 Å². The molecule has 11 N–H and O–H groups in total. The molecule has 4 rings (SSSR count). The van der Waals surface area contributed by atoms with Crippen LogP contribution in [0.3, 0.4) is 0 Å². The highest BCUT2D eigenvalue weighted by molar-refractivity contribution is 5.85. The van der Waals surface area contributed by atoms with Gasteiger partial charge in [0, 0.05) is 61.7 Å². The number of hydrogen-bond acceptors (Lipinski definition) is 11. The first-order valence-electron chi connectivity index (χ1n) is 10.3. The molecule has 2 saturated heterocycles. The minimum atomic E-state index is -0.0284. The zero-order valence-electron chi connectivity index (χ0n) is 17.4. The highest BCUT2D eigenvalue weighted by Crippen LogP contribution is 2.24. The monoisotopic (exact) mass is 449 g/mol. The van der Waals surface area contributed by atoms with Crippen molar-refractivity contribution in [3.05, 3.63) is 24.3 Å². The van der Waals surface area contributed by atoms with Gasteiger partial charge < -0.3 is 43.8 Å². The van der Waals surface area contributed by atoms with Crippen molar-refractivity contribution >= 4 is 41.6 Å². The van der Waals surface area contributed by atoms with E-state index in [0.717, 1.165) is 18.5 Å². The summed E-state index contributed by atoms with van der Waals surface area (Å²) in [6.07, 6.45) is 1.56. The number of rotatable bonds is 4. The highest BCUT2D eigenvalue weighted by atomic mass is 35.5. The summed E-state index contributed by atoms with van der Waals surface area (Å²) in [6, 6.07) is 7.26. The lowest BCUT2D eigenvalue weighted by Crippen LogP contribution is -2.54. The van der Waals surface area contributed by atoms with Gasteiger partial charge in [0.25, 0.3) is 0 Å². The predicted molar refractivity (Wildman–Crippen MR) is 127 cm³/mol. The van der Waals surface area contributed by atoms with E-state index in [-0.39, 0.29) is 36.6 Å². The lowest BCUT2D eigenvalue weighted by molar-refractivity contribution is 0.441. The average Bonchev–Trinajstić information content (AvgIpc) is 2.68. The van der Waals surface area contributed by atoms with E-state index in [2.05, 4.69) is 15.3 Å². The number of hydrogen-bond donors (Lipinski definition) is 6. The van der Waals surface area contributed by atoms with Crippen LogP contribution in [0.2, 0.25) is 0 Å². The molecule has 3 heterocycles. The maximum absolute atomic E-state index is 6.18. The molecule has 0 bridgehead atoms. The molecule has 0 amide bonds. The molecule has 4 atom stereocenters. The van der Waals surface area contributed by atoms with Crippen molar-refractivity contribution in [2.45, 2.75) is 37.0 Å². The van der Waals surface area contributed by atoms with Crippen molar-refractivity contribution in [2.24, 2.45) is 22.9 Å². The molecule has 0 spiro atoms. The van der Waals surface area contributed by atoms with E-state index in [4.69, 9.17) is 33.7 Å². The Bertz CT molecular complexity index is 800. The Morgan fingerprint density at radius 2 is 1.13 bits per heavy atom. The van der Waals surface area contributed by atoms with Crippen LogP contribution in [0.25, 0.3) is 0 Å². The largest absolute Gasteiger partial charge is 0.399 e. The molecular weight excluding hydrogens is 418 g/mol. The van der Waals surface area contributed by atoms with Gasteiger partial charge in [-0.1, -0.05) is 0 Å². The molecule has 170 valence electrons. The number of nitrogen functional groups attached to an aromatic ring is 1. The minimum absolute atomic E-state index is 0. The van der Waals surface area contributed by atoms with Crippen molar-refractivity contribution in [3.8, 4) is 0 Å². The van der Waals surface area contributed by atoms with Crippen molar-refractivity contribution in [3.63, 3.8) is 0 Å². The second kappa shape index (κ2) is 9.79. The first-order chi connectivity index (χ1) is 14.4. The Morgan fingerprint density at radius 3 is 1.55 bits per heavy atom. The second-order valence-electron chi connectivity index (χ2n) is 8.33. The van der Waals surface area contributed by atoms with E-state index < -0.39 is 0 Å². The summed E-state index contributed by atoms with van der Waals surface area (Å²) in [5, 5.41) is 3.24. The standard InChI is InChI=1S/C19H31N11.ClH/c20-11-1-3-16(4-2-11)25-17-26-18(29-7-12(21)5-13(22)8-29)28-19(27-17)30-9-14(23)6-15(24)10-30;/h1-4,12-15H,5-10,20-24H2,(H,25,26,27,28);1H/t12-,13+,14-,15+;. The molecule has 2 aliphatic heterocycles. The van der Waals surface area contributed by atoms with E-state index in [9.17, 15) is 0 Å². The van der Waals surface area contributed by atoms with Crippen molar-refractivity contribution in [2.75, 3.05) is 47.0 Å². The van der Waals surface area contributed by atoms with Gasteiger partial charge in [-0.2, -0.15) is 15.0 Å². The topological polar surface area (TPSA) is 187 Å². The smallest absolute Gasteiger partial charge is 0.233 e. The molecule has 12 heteroatoms. The number of aromatic nitrogens is 3. The Balaban J connectivity index is 0.00000272. The molecule has 31 heavy (non-hydrogen) atoms.